The smallest absolute Gasteiger partial charge is 0.253 e. The van der Waals surface area contributed by atoms with E-state index in [1.165, 1.54) is 31.3 Å². The van der Waals surface area contributed by atoms with Crippen molar-refractivity contribution in [3.05, 3.63) is 60.3 Å². The quantitative estimate of drug-likeness (QED) is 0.657. The number of likely N-dealkylation sites (tertiary alicyclic amines) is 1. The summed E-state index contributed by atoms with van der Waals surface area (Å²) in [4.78, 5) is 24.5. The molecule has 2 aromatic heterocycles. The summed E-state index contributed by atoms with van der Waals surface area (Å²) in [5.41, 5.74) is 1.83. The van der Waals surface area contributed by atoms with Crippen LogP contribution in [0.5, 0.6) is 0 Å². The highest BCUT2D eigenvalue weighted by Crippen LogP contribution is 2.21. The second kappa shape index (κ2) is 8.48. The number of rotatable bonds is 5. The van der Waals surface area contributed by atoms with Crippen molar-refractivity contribution in [2.75, 3.05) is 50.7 Å². The van der Waals surface area contributed by atoms with Crippen LogP contribution in [0, 0.1) is 0 Å². The van der Waals surface area contributed by atoms with Gasteiger partial charge in [-0.25, -0.2) is 4.98 Å². The minimum absolute atomic E-state index is 0.120. The summed E-state index contributed by atoms with van der Waals surface area (Å²) in [5.74, 6) is 1.13. The van der Waals surface area contributed by atoms with Gasteiger partial charge in [0.2, 0.25) is 0 Å². The zero-order valence-corrected chi connectivity index (χ0v) is 17.4. The van der Waals surface area contributed by atoms with Gasteiger partial charge in [0, 0.05) is 56.4 Å². The van der Waals surface area contributed by atoms with Crippen LogP contribution >= 0.6 is 0 Å². The minimum atomic E-state index is 0.120. The van der Waals surface area contributed by atoms with Gasteiger partial charge >= 0.3 is 0 Å². The van der Waals surface area contributed by atoms with Gasteiger partial charge in [0.25, 0.3) is 5.91 Å². The molecule has 6 heteroatoms. The number of piperazine rings is 1. The Balaban J connectivity index is 1.25. The summed E-state index contributed by atoms with van der Waals surface area (Å²) in [6, 6.07) is 16.0. The van der Waals surface area contributed by atoms with Gasteiger partial charge < -0.3 is 19.3 Å². The summed E-state index contributed by atoms with van der Waals surface area (Å²) in [6.07, 6.45) is 4.81. The number of benzene rings is 1. The molecule has 0 radical (unpaired) electrons. The molecule has 30 heavy (non-hydrogen) atoms. The summed E-state index contributed by atoms with van der Waals surface area (Å²) >= 11 is 0. The van der Waals surface area contributed by atoms with Crippen molar-refractivity contribution in [3.63, 3.8) is 0 Å². The van der Waals surface area contributed by atoms with E-state index in [9.17, 15) is 4.79 Å². The Kier molecular flexibility index (Phi) is 5.41. The Morgan fingerprint density at radius 3 is 2.37 bits per heavy atom. The first-order chi connectivity index (χ1) is 14.8. The molecule has 3 aromatic rings. The van der Waals surface area contributed by atoms with Crippen molar-refractivity contribution in [1.29, 1.82) is 0 Å². The van der Waals surface area contributed by atoms with Crippen LogP contribution in [0.4, 0.5) is 5.82 Å². The first kappa shape index (κ1) is 19.1. The predicted molar refractivity (Wildman–Crippen MR) is 120 cm³/mol. The number of aromatic nitrogens is 2. The van der Waals surface area contributed by atoms with Crippen molar-refractivity contribution in [2.45, 2.75) is 19.4 Å². The number of amides is 1. The molecule has 1 amide bonds. The highest BCUT2D eigenvalue weighted by Gasteiger charge is 2.23. The van der Waals surface area contributed by atoms with Gasteiger partial charge in [0.05, 0.1) is 0 Å². The molecule has 4 heterocycles. The second-order valence-corrected chi connectivity index (χ2v) is 8.29. The largest absolute Gasteiger partial charge is 0.353 e. The molecular formula is C24H29N5O. The van der Waals surface area contributed by atoms with Crippen molar-refractivity contribution in [3.8, 4) is 0 Å². The van der Waals surface area contributed by atoms with E-state index in [0.29, 0.717) is 0 Å². The van der Waals surface area contributed by atoms with Crippen LogP contribution < -0.4 is 4.90 Å². The third-order valence-corrected chi connectivity index (χ3v) is 6.36. The average molecular weight is 404 g/mol. The molecular weight excluding hydrogens is 374 g/mol. The van der Waals surface area contributed by atoms with E-state index in [2.05, 4.69) is 38.8 Å². The molecule has 0 bridgehead atoms. The maximum Gasteiger partial charge on any atom is 0.253 e. The zero-order chi connectivity index (χ0) is 20.3. The summed E-state index contributed by atoms with van der Waals surface area (Å²) in [5, 5.41) is 1.19. The number of nitrogens with zero attached hydrogens (tertiary/aromatic N) is 5. The van der Waals surface area contributed by atoms with E-state index in [1.807, 2.05) is 35.2 Å². The molecule has 0 spiro atoms. The Labute approximate surface area is 177 Å². The van der Waals surface area contributed by atoms with Gasteiger partial charge in [0.15, 0.2) is 0 Å². The van der Waals surface area contributed by atoms with Gasteiger partial charge in [0.1, 0.15) is 11.5 Å². The Bertz CT molecular complexity index is 1000. The van der Waals surface area contributed by atoms with Crippen LogP contribution in [0.25, 0.3) is 11.0 Å². The normalized spacial score (nSPS) is 17.7. The van der Waals surface area contributed by atoms with E-state index in [1.54, 1.807) is 0 Å². The molecule has 0 unspecified atom stereocenters. The lowest BCUT2D eigenvalue weighted by molar-refractivity contribution is 0.0746. The monoisotopic (exact) mass is 403 g/mol. The molecule has 2 saturated heterocycles. The van der Waals surface area contributed by atoms with E-state index < -0.39 is 0 Å². The molecule has 1 aromatic carbocycles. The summed E-state index contributed by atoms with van der Waals surface area (Å²) in [7, 11) is 0. The fourth-order valence-electron chi connectivity index (χ4n) is 4.56. The van der Waals surface area contributed by atoms with Crippen LogP contribution in [0.2, 0.25) is 0 Å². The van der Waals surface area contributed by atoms with Crippen LogP contribution in [0.3, 0.4) is 0 Å². The summed E-state index contributed by atoms with van der Waals surface area (Å²) in [6.45, 7) is 7.60. The number of fused-ring (bicyclic) bond motifs is 1. The van der Waals surface area contributed by atoms with Crippen molar-refractivity contribution in [1.82, 2.24) is 19.4 Å². The number of carbonyl (C=O) groups is 1. The van der Waals surface area contributed by atoms with Gasteiger partial charge in [-0.1, -0.05) is 18.2 Å². The Morgan fingerprint density at radius 1 is 0.833 bits per heavy atom. The van der Waals surface area contributed by atoms with E-state index in [-0.39, 0.29) is 5.91 Å². The molecule has 0 aliphatic carbocycles. The number of carbonyl (C=O) groups excluding carboxylic acids is 1. The average Bonchev–Trinajstić information content (AvgIpc) is 3.47. The van der Waals surface area contributed by atoms with Crippen LogP contribution in [-0.2, 0) is 6.54 Å². The molecule has 2 aliphatic rings. The summed E-state index contributed by atoms with van der Waals surface area (Å²) < 4.78 is 2.28. The molecule has 0 atom stereocenters. The number of hydrogen-bond donors (Lipinski definition) is 0. The lowest BCUT2D eigenvalue weighted by Gasteiger charge is -2.35. The first-order valence-corrected chi connectivity index (χ1v) is 11.1. The van der Waals surface area contributed by atoms with Crippen LogP contribution in [-0.4, -0.2) is 71.1 Å². The SMILES string of the molecule is O=C(c1ccccc1)N1CCN(c2ccc3ccn(CCN4CCCC4)c3n2)CC1. The fraction of sp³-hybridized carbons (Fsp3) is 0.417. The van der Waals surface area contributed by atoms with E-state index in [0.717, 1.165) is 56.3 Å². The maximum atomic E-state index is 12.7. The Hall–Kier alpha value is -2.86. The maximum absolute atomic E-state index is 12.7. The lowest BCUT2D eigenvalue weighted by atomic mass is 10.2. The molecule has 0 saturated carbocycles. The van der Waals surface area contributed by atoms with E-state index in [4.69, 9.17) is 4.98 Å². The molecule has 156 valence electrons. The molecule has 2 fully saturated rings. The van der Waals surface area contributed by atoms with Crippen LogP contribution in [0.15, 0.2) is 54.7 Å². The number of pyridine rings is 1. The Morgan fingerprint density at radius 2 is 1.60 bits per heavy atom. The highest BCUT2D eigenvalue weighted by atomic mass is 16.2. The topological polar surface area (TPSA) is 44.6 Å². The lowest BCUT2D eigenvalue weighted by Crippen LogP contribution is -2.49. The second-order valence-electron chi connectivity index (χ2n) is 8.29. The van der Waals surface area contributed by atoms with Gasteiger partial charge in [-0.3, -0.25) is 4.79 Å². The minimum Gasteiger partial charge on any atom is -0.353 e. The van der Waals surface area contributed by atoms with Gasteiger partial charge in [-0.2, -0.15) is 0 Å². The van der Waals surface area contributed by atoms with Crippen molar-refractivity contribution in [2.24, 2.45) is 0 Å². The van der Waals surface area contributed by atoms with Gasteiger partial charge in [-0.05, 0) is 56.3 Å². The predicted octanol–water partition coefficient (Wildman–Crippen LogP) is 3.09. The third kappa shape index (κ3) is 3.92. The standard InChI is InChI=1S/C24H29N5O/c30-24(21-6-2-1-3-7-21)29-18-16-27(17-19-29)22-9-8-20-10-13-28(23(20)25-22)15-14-26-11-4-5-12-26/h1-3,6-10,13H,4-5,11-12,14-19H2. The fourth-order valence-corrected chi connectivity index (χ4v) is 4.56. The highest BCUT2D eigenvalue weighted by molar-refractivity contribution is 5.94. The molecule has 2 aliphatic heterocycles. The van der Waals surface area contributed by atoms with Gasteiger partial charge in [-0.15, -0.1) is 0 Å². The molecule has 5 rings (SSSR count). The van der Waals surface area contributed by atoms with Crippen molar-refractivity contribution < 1.29 is 4.79 Å². The molecule has 0 N–H and O–H groups in total. The van der Waals surface area contributed by atoms with Crippen molar-refractivity contribution >= 4 is 22.8 Å². The number of hydrogen-bond acceptors (Lipinski definition) is 4. The zero-order valence-electron chi connectivity index (χ0n) is 17.4. The van der Waals surface area contributed by atoms with Crippen LogP contribution in [0.1, 0.15) is 23.2 Å². The third-order valence-electron chi connectivity index (χ3n) is 6.36. The molecule has 6 nitrogen and oxygen atoms in total. The van der Waals surface area contributed by atoms with E-state index >= 15 is 0 Å². The number of anilines is 1. The first-order valence-electron chi connectivity index (χ1n) is 11.1.